The lowest BCUT2D eigenvalue weighted by Gasteiger charge is -2.25. The Bertz CT molecular complexity index is 350. The fourth-order valence-corrected chi connectivity index (χ4v) is 2.98. The Labute approximate surface area is 100 Å². The van der Waals surface area contributed by atoms with E-state index in [1.807, 2.05) is 6.92 Å². The Balaban J connectivity index is 2.79. The minimum Gasteiger partial charge on any atom is -0.544 e. The molecule has 0 aliphatic carbocycles. The van der Waals surface area contributed by atoms with Crippen LogP contribution < -0.4 is 4.43 Å². The van der Waals surface area contributed by atoms with E-state index in [-0.39, 0.29) is 0 Å². The maximum Gasteiger partial charge on any atom is 0.247 e. The molecular formula is C14H22OSi. The summed E-state index contributed by atoms with van der Waals surface area (Å²) >= 11 is 0. The predicted octanol–water partition coefficient (Wildman–Crippen LogP) is 4.71. The van der Waals surface area contributed by atoms with Crippen LogP contribution in [0.5, 0.6) is 5.75 Å². The molecular weight excluding hydrogens is 212 g/mol. The first-order valence-electron chi connectivity index (χ1n) is 5.95. The molecule has 0 radical (unpaired) electrons. The number of benzene rings is 1. The largest absolute Gasteiger partial charge is 0.544 e. The van der Waals surface area contributed by atoms with Crippen molar-refractivity contribution in [3.8, 4) is 5.75 Å². The summed E-state index contributed by atoms with van der Waals surface area (Å²) in [5.74, 6) is 1.00. The van der Waals surface area contributed by atoms with E-state index in [4.69, 9.17) is 4.43 Å². The van der Waals surface area contributed by atoms with Crippen molar-refractivity contribution in [1.29, 1.82) is 0 Å². The summed E-state index contributed by atoms with van der Waals surface area (Å²) in [5, 5.41) is 0. The minimum atomic E-state index is -1.51. The first kappa shape index (κ1) is 13.0. The summed E-state index contributed by atoms with van der Waals surface area (Å²) in [4.78, 5) is 0. The van der Waals surface area contributed by atoms with Gasteiger partial charge in [0.1, 0.15) is 5.75 Å². The quantitative estimate of drug-likeness (QED) is 0.670. The highest BCUT2D eigenvalue weighted by Gasteiger charge is 2.25. The van der Waals surface area contributed by atoms with Gasteiger partial charge in [0.15, 0.2) is 0 Å². The van der Waals surface area contributed by atoms with Crippen molar-refractivity contribution < 1.29 is 4.43 Å². The lowest BCUT2D eigenvalue weighted by molar-refractivity contribution is 0.541. The van der Waals surface area contributed by atoms with Gasteiger partial charge in [-0.2, -0.15) is 0 Å². The van der Waals surface area contributed by atoms with E-state index in [2.05, 4.69) is 51.2 Å². The van der Waals surface area contributed by atoms with Gasteiger partial charge in [0.25, 0.3) is 0 Å². The van der Waals surface area contributed by atoms with Gasteiger partial charge >= 0.3 is 0 Å². The lowest BCUT2D eigenvalue weighted by Crippen LogP contribution is -2.36. The van der Waals surface area contributed by atoms with E-state index in [1.54, 1.807) is 0 Å². The smallest absolute Gasteiger partial charge is 0.247 e. The second kappa shape index (κ2) is 5.35. The molecule has 0 heterocycles. The molecule has 0 bridgehead atoms. The van der Waals surface area contributed by atoms with Crippen LogP contribution in [-0.4, -0.2) is 8.32 Å². The molecule has 0 unspecified atom stereocenters. The van der Waals surface area contributed by atoms with Gasteiger partial charge < -0.3 is 4.43 Å². The van der Waals surface area contributed by atoms with Gasteiger partial charge in [-0.1, -0.05) is 38.1 Å². The van der Waals surface area contributed by atoms with E-state index < -0.39 is 8.32 Å². The van der Waals surface area contributed by atoms with Gasteiger partial charge in [-0.25, -0.2) is 0 Å². The molecule has 2 heteroatoms. The van der Waals surface area contributed by atoms with Crippen molar-refractivity contribution in [3.63, 3.8) is 0 Å². The Morgan fingerprint density at radius 3 is 2.06 bits per heavy atom. The average molecular weight is 234 g/mol. The summed E-state index contributed by atoms with van der Waals surface area (Å²) in [7, 11) is -1.51. The van der Waals surface area contributed by atoms with Gasteiger partial charge in [0, 0.05) is 0 Å². The van der Waals surface area contributed by atoms with Crippen LogP contribution in [0.1, 0.15) is 26.3 Å². The van der Waals surface area contributed by atoms with Crippen molar-refractivity contribution in [3.05, 3.63) is 36.4 Å². The fourth-order valence-electron chi connectivity index (χ4n) is 1.49. The summed E-state index contributed by atoms with van der Waals surface area (Å²) < 4.78 is 6.14. The van der Waals surface area contributed by atoms with Crippen LogP contribution in [0.25, 0.3) is 5.57 Å². The molecule has 0 fully saturated rings. The van der Waals surface area contributed by atoms with Gasteiger partial charge in [0.05, 0.1) is 0 Å². The third-order valence-electron chi connectivity index (χ3n) is 3.21. The molecule has 0 saturated carbocycles. The molecule has 0 spiro atoms. The average Bonchev–Trinajstić information content (AvgIpc) is 2.29. The second-order valence-corrected chi connectivity index (χ2v) is 9.08. The highest BCUT2D eigenvalue weighted by molar-refractivity contribution is 6.73. The van der Waals surface area contributed by atoms with Crippen LogP contribution in [0.4, 0.5) is 0 Å². The van der Waals surface area contributed by atoms with E-state index >= 15 is 0 Å². The lowest BCUT2D eigenvalue weighted by atomic mass is 10.1. The van der Waals surface area contributed by atoms with E-state index in [9.17, 15) is 0 Å². The van der Waals surface area contributed by atoms with E-state index in [0.29, 0.717) is 0 Å². The maximum atomic E-state index is 6.14. The molecule has 88 valence electrons. The Hall–Kier alpha value is -1.02. The third kappa shape index (κ3) is 3.24. The van der Waals surface area contributed by atoms with Gasteiger partial charge in [-0.3, -0.25) is 0 Å². The van der Waals surface area contributed by atoms with Crippen LogP contribution in [-0.2, 0) is 0 Å². The summed E-state index contributed by atoms with van der Waals surface area (Å²) in [6.07, 6.45) is 0. The Morgan fingerprint density at radius 1 is 1.19 bits per heavy atom. The van der Waals surface area contributed by atoms with Crippen LogP contribution in [0.15, 0.2) is 30.8 Å². The van der Waals surface area contributed by atoms with Gasteiger partial charge in [-0.05, 0) is 43.3 Å². The van der Waals surface area contributed by atoms with E-state index in [1.165, 1.54) is 5.56 Å². The Morgan fingerprint density at radius 2 is 1.69 bits per heavy atom. The zero-order valence-electron chi connectivity index (χ0n) is 10.8. The number of rotatable bonds is 5. The molecule has 1 nitrogen and oxygen atoms in total. The molecule has 0 aromatic heterocycles. The molecule has 0 aliphatic heterocycles. The normalized spacial score (nSPS) is 11.2. The minimum absolute atomic E-state index is 1.00. The SMILES string of the molecule is C=C(C)c1ccc(O[Si](C)(CC)CC)cc1. The molecule has 0 saturated heterocycles. The summed E-state index contributed by atoms with van der Waals surface area (Å²) in [5.41, 5.74) is 2.28. The zero-order chi connectivity index (χ0) is 12.2. The van der Waals surface area contributed by atoms with Crippen LogP contribution >= 0.6 is 0 Å². The topological polar surface area (TPSA) is 9.23 Å². The highest BCUT2D eigenvalue weighted by atomic mass is 28.4. The predicted molar refractivity (Wildman–Crippen MR) is 74.4 cm³/mol. The molecule has 0 N–H and O–H groups in total. The number of hydrogen-bond acceptors (Lipinski definition) is 1. The second-order valence-electron chi connectivity index (χ2n) is 4.56. The van der Waals surface area contributed by atoms with Crippen LogP contribution in [0.3, 0.4) is 0 Å². The molecule has 0 amide bonds. The Kier molecular flexibility index (Phi) is 4.36. The van der Waals surface area contributed by atoms with Crippen molar-refractivity contribution >= 4 is 13.9 Å². The van der Waals surface area contributed by atoms with Gasteiger partial charge in [-0.15, -0.1) is 0 Å². The molecule has 16 heavy (non-hydrogen) atoms. The standard InChI is InChI=1S/C14H22OSi/c1-6-16(5,7-2)15-14-10-8-13(9-11-14)12(3)4/h8-11H,3,6-7H2,1-2,4-5H3. The molecule has 0 atom stereocenters. The van der Waals surface area contributed by atoms with Crippen molar-refractivity contribution in [2.24, 2.45) is 0 Å². The molecule has 0 aliphatic rings. The fraction of sp³-hybridized carbons (Fsp3) is 0.429. The first-order chi connectivity index (χ1) is 7.50. The summed E-state index contributed by atoms with van der Waals surface area (Å²) in [6.45, 7) is 12.7. The van der Waals surface area contributed by atoms with Gasteiger partial charge in [0.2, 0.25) is 8.32 Å². The van der Waals surface area contributed by atoms with Crippen molar-refractivity contribution in [1.82, 2.24) is 0 Å². The van der Waals surface area contributed by atoms with Crippen LogP contribution in [0, 0.1) is 0 Å². The van der Waals surface area contributed by atoms with Crippen LogP contribution in [0.2, 0.25) is 18.6 Å². The van der Waals surface area contributed by atoms with E-state index in [0.717, 1.165) is 23.4 Å². The first-order valence-corrected chi connectivity index (χ1v) is 8.78. The monoisotopic (exact) mass is 234 g/mol. The maximum absolute atomic E-state index is 6.14. The number of allylic oxidation sites excluding steroid dienone is 1. The zero-order valence-corrected chi connectivity index (χ0v) is 11.8. The van der Waals surface area contributed by atoms with Crippen molar-refractivity contribution in [2.75, 3.05) is 0 Å². The third-order valence-corrected chi connectivity index (χ3v) is 6.93. The number of hydrogen-bond donors (Lipinski definition) is 0. The highest BCUT2D eigenvalue weighted by Crippen LogP contribution is 2.23. The molecule has 1 aromatic carbocycles. The van der Waals surface area contributed by atoms with Crippen molar-refractivity contribution in [2.45, 2.75) is 39.4 Å². The molecule has 1 rings (SSSR count). The molecule has 1 aromatic rings. The summed E-state index contributed by atoms with van der Waals surface area (Å²) in [6, 6.07) is 10.6.